The fourth-order valence-electron chi connectivity index (χ4n) is 2.21. The summed E-state index contributed by atoms with van der Waals surface area (Å²) in [5.74, 6) is 0.0447. The minimum absolute atomic E-state index is 0.0157. The Morgan fingerprint density at radius 1 is 1.47 bits per heavy atom. The van der Waals surface area contributed by atoms with Crippen LogP contribution in [0.5, 0.6) is 0 Å². The van der Waals surface area contributed by atoms with Gasteiger partial charge in [-0.05, 0) is 32.7 Å². The minimum Gasteiger partial charge on any atom is -0.352 e. The summed E-state index contributed by atoms with van der Waals surface area (Å²) in [6.07, 6.45) is 2.95. The molecule has 2 atom stereocenters. The molecule has 0 aromatic heterocycles. The van der Waals surface area contributed by atoms with Gasteiger partial charge in [-0.2, -0.15) is 0 Å². The summed E-state index contributed by atoms with van der Waals surface area (Å²) < 4.78 is 0. The lowest BCUT2D eigenvalue weighted by Crippen LogP contribution is -2.48. The van der Waals surface area contributed by atoms with Crippen molar-refractivity contribution in [2.45, 2.75) is 51.2 Å². The van der Waals surface area contributed by atoms with E-state index in [0.717, 1.165) is 25.8 Å². The summed E-state index contributed by atoms with van der Waals surface area (Å²) in [6.45, 7) is 5.26. The molecule has 0 aromatic rings. The molecule has 2 fully saturated rings. The normalized spacial score (nSPS) is 26.1. The van der Waals surface area contributed by atoms with E-state index in [-0.39, 0.29) is 23.9 Å². The van der Waals surface area contributed by atoms with Crippen LogP contribution < -0.4 is 10.6 Å². The van der Waals surface area contributed by atoms with E-state index in [1.54, 1.807) is 4.90 Å². The lowest BCUT2D eigenvalue weighted by Gasteiger charge is -2.24. The highest BCUT2D eigenvalue weighted by Crippen LogP contribution is 2.20. The number of likely N-dealkylation sites (N-methyl/N-ethyl adjacent to an activating group) is 1. The van der Waals surface area contributed by atoms with Gasteiger partial charge in [-0.15, -0.1) is 0 Å². The lowest BCUT2D eigenvalue weighted by molar-refractivity contribution is -0.137. The zero-order valence-corrected chi connectivity index (χ0v) is 10.5. The quantitative estimate of drug-likeness (QED) is 0.702. The van der Waals surface area contributed by atoms with Crippen LogP contribution in [0.15, 0.2) is 0 Å². The molecule has 1 aliphatic carbocycles. The smallest absolute Gasteiger partial charge is 0.242 e. The highest BCUT2D eigenvalue weighted by atomic mass is 16.2. The van der Waals surface area contributed by atoms with Crippen molar-refractivity contribution < 1.29 is 9.59 Å². The van der Waals surface area contributed by atoms with Crippen LogP contribution in [0.25, 0.3) is 0 Å². The first-order valence-corrected chi connectivity index (χ1v) is 6.47. The molecule has 5 heteroatoms. The second kappa shape index (κ2) is 5.04. The Bertz CT molecular complexity index is 315. The molecular formula is C12H21N3O2. The van der Waals surface area contributed by atoms with Crippen LogP contribution in [0.2, 0.25) is 0 Å². The molecule has 1 aliphatic heterocycles. The molecule has 1 saturated heterocycles. The number of carbonyl (C=O) groups excluding carboxylic acids is 2. The number of nitrogens with zero attached hydrogens (tertiary/aromatic N) is 1. The average Bonchev–Trinajstić information content (AvgIpc) is 3.04. The summed E-state index contributed by atoms with van der Waals surface area (Å²) in [7, 11) is 0. The number of hydrogen-bond donors (Lipinski definition) is 2. The van der Waals surface area contributed by atoms with Gasteiger partial charge in [-0.1, -0.05) is 6.92 Å². The average molecular weight is 239 g/mol. The first kappa shape index (κ1) is 12.4. The van der Waals surface area contributed by atoms with Gasteiger partial charge < -0.3 is 15.5 Å². The largest absolute Gasteiger partial charge is 0.352 e. The highest BCUT2D eigenvalue weighted by molar-refractivity contribution is 5.91. The zero-order chi connectivity index (χ0) is 12.4. The molecule has 1 heterocycles. The number of carbonyl (C=O) groups is 2. The van der Waals surface area contributed by atoms with Crippen molar-refractivity contribution in [3.63, 3.8) is 0 Å². The topological polar surface area (TPSA) is 61.4 Å². The van der Waals surface area contributed by atoms with Gasteiger partial charge in [0.15, 0.2) is 0 Å². The summed E-state index contributed by atoms with van der Waals surface area (Å²) in [5, 5.41) is 6.09. The van der Waals surface area contributed by atoms with E-state index >= 15 is 0 Å². The first-order chi connectivity index (χ1) is 8.13. The van der Waals surface area contributed by atoms with Crippen LogP contribution in [0.1, 0.15) is 33.1 Å². The fraction of sp³-hybridized carbons (Fsp3) is 0.833. The van der Waals surface area contributed by atoms with Gasteiger partial charge in [0.1, 0.15) is 6.04 Å². The van der Waals surface area contributed by atoms with Crippen molar-refractivity contribution in [2.75, 3.05) is 13.1 Å². The van der Waals surface area contributed by atoms with Gasteiger partial charge in [0, 0.05) is 12.6 Å². The number of hydrogen-bond acceptors (Lipinski definition) is 3. The Kier molecular flexibility index (Phi) is 3.66. The lowest BCUT2D eigenvalue weighted by atomic mass is 10.2. The molecule has 5 nitrogen and oxygen atoms in total. The zero-order valence-electron chi connectivity index (χ0n) is 10.5. The molecule has 2 unspecified atom stereocenters. The fourth-order valence-corrected chi connectivity index (χ4v) is 2.21. The standard InChI is InChI=1S/C12H21N3O2/c1-3-13-10-6-7-15(12(10)17)8(2)11(16)14-9-4-5-9/h8-10,13H,3-7H2,1-2H3,(H,14,16). The van der Waals surface area contributed by atoms with Crippen LogP contribution >= 0.6 is 0 Å². The SMILES string of the molecule is CCNC1CCN(C(C)C(=O)NC2CC2)C1=O. The summed E-state index contributed by atoms with van der Waals surface area (Å²) in [4.78, 5) is 25.6. The third-order valence-corrected chi connectivity index (χ3v) is 3.46. The van der Waals surface area contributed by atoms with Crippen LogP contribution in [0.4, 0.5) is 0 Å². The monoisotopic (exact) mass is 239 g/mol. The maximum atomic E-state index is 12.0. The van der Waals surface area contributed by atoms with E-state index in [0.29, 0.717) is 12.6 Å². The minimum atomic E-state index is -0.341. The molecule has 2 amide bonds. The van der Waals surface area contributed by atoms with Gasteiger partial charge in [-0.25, -0.2) is 0 Å². The summed E-state index contributed by atoms with van der Waals surface area (Å²) in [6, 6.07) is -0.0878. The first-order valence-electron chi connectivity index (χ1n) is 6.47. The third kappa shape index (κ3) is 2.77. The summed E-state index contributed by atoms with van der Waals surface area (Å²) >= 11 is 0. The molecule has 0 bridgehead atoms. The van der Waals surface area contributed by atoms with Crippen molar-refractivity contribution in [2.24, 2.45) is 0 Å². The van der Waals surface area contributed by atoms with E-state index in [1.807, 2.05) is 13.8 Å². The molecule has 2 N–H and O–H groups in total. The van der Waals surface area contributed by atoms with Crippen LogP contribution in [0.3, 0.4) is 0 Å². The molecule has 96 valence electrons. The van der Waals surface area contributed by atoms with Crippen molar-refractivity contribution in [1.82, 2.24) is 15.5 Å². The molecule has 0 spiro atoms. The van der Waals surface area contributed by atoms with Gasteiger partial charge in [0.25, 0.3) is 0 Å². The Hall–Kier alpha value is -1.10. The number of rotatable bonds is 5. The van der Waals surface area contributed by atoms with E-state index in [9.17, 15) is 9.59 Å². The predicted molar refractivity (Wildman–Crippen MR) is 64.4 cm³/mol. The van der Waals surface area contributed by atoms with E-state index in [1.165, 1.54) is 0 Å². The van der Waals surface area contributed by atoms with E-state index in [2.05, 4.69) is 10.6 Å². The van der Waals surface area contributed by atoms with Crippen molar-refractivity contribution in [3.05, 3.63) is 0 Å². The molecule has 0 aromatic carbocycles. The number of likely N-dealkylation sites (tertiary alicyclic amines) is 1. The van der Waals surface area contributed by atoms with Crippen LogP contribution in [0, 0.1) is 0 Å². The Balaban J connectivity index is 1.88. The van der Waals surface area contributed by atoms with Gasteiger partial charge in [0.2, 0.25) is 11.8 Å². The Morgan fingerprint density at radius 3 is 2.76 bits per heavy atom. The maximum Gasteiger partial charge on any atom is 0.242 e. The Labute approximate surface area is 102 Å². The second-order valence-electron chi connectivity index (χ2n) is 4.89. The Morgan fingerprint density at radius 2 is 2.18 bits per heavy atom. The van der Waals surface area contributed by atoms with E-state index < -0.39 is 0 Å². The highest BCUT2D eigenvalue weighted by Gasteiger charge is 2.37. The van der Waals surface area contributed by atoms with Crippen LogP contribution in [-0.4, -0.2) is 47.9 Å². The molecule has 1 saturated carbocycles. The molecule has 0 radical (unpaired) electrons. The van der Waals surface area contributed by atoms with Gasteiger partial charge in [-0.3, -0.25) is 9.59 Å². The van der Waals surface area contributed by atoms with Gasteiger partial charge >= 0.3 is 0 Å². The third-order valence-electron chi connectivity index (χ3n) is 3.46. The van der Waals surface area contributed by atoms with Gasteiger partial charge in [0.05, 0.1) is 6.04 Å². The molecule has 2 aliphatic rings. The molecule has 2 rings (SSSR count). The van der Waals surface area contributed by atoms with Crippen LogP contribution in [-0.2, 0) is 9.59 Å². The number of nitrogens with one attached hydrogen (secondary N) is 2. The molecule has 17 heavy (non-hydrogen) atoms. The number of amides is 2. The van der Waals surface area contributed by atoms with Crippen molar-refractivity contribution >= 4 is 11.8 Å². The second-order valence-corrected chi connectivity index (χ2v) is 4.89. The van der Waals surface area contributed by atoms with Crippen molar-refractivity contribution in [3.8, 4) is 0 Å². The molecular weight excluding hydrogens is 218 g/mol. The van der Waals surface area contributed by atoms with E-state index in [4.69, 9.17) is 0 Å². The predicted octanol–water partition coefficient (Wildman–Crippen LogP) is -0.136. The maximum absolute atomic E-state index is 12.0. The summed E-state index contributed by atoms with van der Waals surface area (Å²) in [5.41, 5.74) is 0. The van der Waals surface area contributed by atoms with Crippen molar-refractivity contribution in [1.29, 1.82) is 0 Å².